The Bertz CT molecular complexity index is 708. The van der Waals surface area contributed by atoms with Crippen LogP contribution in [-0.2, 0) is 9.53 Å². The van der Waals surface area contributed by atoms with E-state index in [0.717, 1.165) is 11.8 Å². The summed E-state index contributed by atoms with van der Waals surface area (Å²) in [7, 11) is 4.58. The molecule has 1 atom stereocenters. The molecule has 8 nitrogen and oxygen atoms in total. The highest BCUT2D eigenvalue weighted by Crippen LogP contribution is 2.41. The van der Waals surface area contributed by atoms with E-state index < -0.39 is 5.25 Å². The maximum Gasteiger partial charge on any atom is 0.319 e. The second-order valence-corrected chi connectivity index (χ2v) is 6.09. The number of rotatable bonds is 8. The fraction of sp³-hybridized carbons (Fsp3) is 0.438. The summed E-state index contributed by atoms with van der Waals surface area (Å²) in [6.07, 6.45) is 0. The molecule has 136 valence electrons. The molecule has 2 aromatic rings. The van der Waals surface area contributed by atoms with E-state index in [1.807, 2.05) is 0 Å². The smallest absolute Gasteiger partial charge is 0.319 e. The first-order valence-corrected chi connectivity index (χ1v) is 8.39. The van der Waals surface area contributed by atoms with Crippen LogP contribution in [0.3, 0.4) is 0 Å². The lowest BCUT2D eigenvalue weighted by Gasteiger charge is -2.12. The highest BCUT2D eigenvalue weighted by molar-refractivity contribution is 8.00. The number of carbonyl (C=O) groups is 1. The number of hydrogen-bond donors (Lipinski definition) is 0. The quantitative estimate of drug-likeness (QED) is 0.515. The van der Waals surface area contributed by atoms with Gasteiger partial charge in [0, 0.05) is 5.56 Å². The summed E-state index contributed by atoms with van der Waals surface area (Å²) in [5.74, 6) is 1.37. The molecule has 0 saturated carbocycles. The van der Waals surface area contributed by atoms with Crippen LogP contribution in [0.25, 0.3) is 11.5 Å². The molecule has 1 aromatic carbocycles. The Morgan fingerprint density at radius 1 is 1.16 bits per heavy atom. The van der Waals surface area contributed by atoms with E-state index >= 15 is 0 Å². The van der Waals surface area contributed by atoms with Crippen molar-refractivity contribution in [3.8, 4) is 28.7 Å². The van der Waals surface area contributed by atoms with E-state index in [0.29, 0.717) is 29.4 Å². The number of hydrogen-bond acceptors (Lipinski definition) is 9. The first kappa shape index (κ1) is 18.9. The van der Waals surface area contributed by atoms with Crippen molar-refractivity contribution in [1.82, 2.24) is 10.2 Å². The van der Waals surface area contributed by atoms with Gasteiger partial charge < -0.3 is 23.4 Å². The number of carbonyl (C=O) groups excluding carboxylic acids is 1. The predicted molar refractivity (Wildman–Crippen MR) is 91.3 cm³/mol. The zero-order valence-corrected chi connectivity index (χ0v) is 15.5. The van der Waals surface area contributed by atoms with Crippen molar-refractivity contribution >= 4 is 17.7 Å². The summed E-state index contributed by atoms with van der Waals surface area (Å²) in [5.41, 5.74) is 0.609. The highest BCUT2D eigenvalue weighted by atomic mass is 32.2. The summed E-state index contributed by atoms with van der Waals surface area (Å²) in [6.45, 7) is 3.79. The van der Waals surface area contributed by atoms with Gasteiger partial charge in [0.25, 0.3) is 5.22 Å². The second-order valence-electron chi connectivity index (χ2n) is 4.80. The van der Waals surface area contributed by atoms with Crippen molar-refractivity contribution in [1.29, 1.82) is 0 Å². The van der Waals surface area contributed by atoms with Crippen molar-refractivity contribution in [3.63, 3.8) is 0 Å². The van der Waals surface area contributed by atoms with Crippen LogP contribution in [0.15, 0.2) is 21.8 Å². The van der Waals surface area contributed by atoms with Crippen LogP contribution in [0, 0.1) is 0 Å². The molecule has 9 heteroatoms. The van der Waals surface area contributed by atoms with E-state index in [1.54, 1.807) is 26.0 Å². The lowest BCUT2D eigenvalue weighted by molar-refractivity contribution is -0.142. The molecule has 0 amide bonds. The molecule has 0 aliphatic heterocycles. The van der Waals surface area contributed by atoms with Gasteiger partial charge in [-0.15, -0.1) is 10.2 Å². The molecular weight excluding hydrogens is 348 g/mol. The van der Waals surface area contributed by atoms with Crippen LogP contribution in [0.5, 0.6) is 17.2 Å². The van der Waals surface area contributed by atoms with Crippen LogP contribution in [0.4, 0.5) is 0 Å². The van der Waals surface area contributed by atoms with Gasteiger partial charge in [0.2, 0.25) is 11.6 Å². The van der Waals surface area contributed by atoms with Crippen LogP contribution in [-0.4, -0.2) is 49.4 Å². The Morgan fingerprint density at radius 3 is 2.32 bits per heavy atom. The molecular formula is C16H20N2O6S. The zero-order valence-electron chi connectivity index (χ0n) is 14.7. The first-order valence-electron chi connectivity index (χ1n) is 7.51. The fourth-order valence-electron chi connectivity index (χ4n) is 2.04. The summed E-state index contributed by atoms with van der Waals surface area (Å²) in [6, 6.07) is 3.41. The number of nitrogens with zero attached hydrogens (tertiary/aromatic N) is 2. The van der Waals surface area contributed by atoms with E-state index in [2.05, 4.69) is 10.2 Å². The number of aromatic nitrogens is 2. The first-order chi connectivity index (χ1) is 12.0. The van der Waals surface area contributed by atoms with Crippen molar-refractivity contribution in [2.24, 2.45) is 0 Å². The molecule has 0 aliphatic rings. The number of methoxy groups -OCH3 is 3. The molecule has 0 fully saturated rings. The van der Waals surface area contributed by atoms with Gasteiger partial charge in [-0.1, -0.05) is 11.8 Å². The predicted octanol–water partition coefficient (Wildman–Crippen LogP) is 2.81. The second kappa shape index (κ2) is 8.61. The molecule has 0 bridgehead atoms. The Kier molecular flexibility index (Phi) is 6.51. The van der Waals surface area contributed by atoms with E-state index in [9.17, 15) is 4.79 Å². The van der Waals surface area contributed by atoms with Gasteiger partial charge in [0.15, 0.2) is 11.5 Å². The third-order valence-electron chi connectivity index (χ3n) is 3.21. The summed E-state index contributed by atoms with van der Waals surface area (Å²) < 4.78 is 26.5. The Balaban J connectivity index is 2.26. The van der Waals surface area contributed by atoms with Gasteiger partial charge in [-0.2, -0.15) is 0 Å². The molecule has 1 heterocycles. The molecule has 1 aromatic heterocycles. The molecule has 0 radical (unpaired) electrons. The number of ether oxygens (including phenoxy) is 4. The Labute approximate surface area is 149 Å². The molecule has 25 heavy (non-hydrogen) atoms. The third-order valence-corrected chi connectivity index (χ3v) is 4.13. The Morgan fingerprint density at radius 2 is 1.80 bits per heavy atom. The van der Waals surface area contributed by atoms with E-state index in [-0.39, 0.29) is 17.1 Å². The van der Waals surface area contributed by atoms with Gasteiger partial charge >= 0.3 is 5.97 Å². The number of esters is 1. The van der Waals surface area contributed by atoms with Crippen LogP contribution >= 0.6 is 11.8 Å². The molecule has 2 rings (SSSR count). The Hall–Kier alpha value is -2.42. The monoisotopic (exact) mass is 368 g/mol. The maximum absolute atomic E-state index is 11.7. The van der Waals surface area contributed by atoms with Gasteiger partial charge in [0.05, 0.1) is 27.9 Å². The minimum atomic E-state index is -0.451. The number of benzene rings is 1. The van der Waals surface area contributed by atoms with Gasteiger partial charge in [-0.25, -0.2) is 0 Å². The molecule has 0 unspecified atom stereocenters. The highest BCUT2D eigenvalue weighted by Gasteiger charge is 2.21. The lowest BCUT2D eigenvalue weighted by Crippen LogP contribution is -2.16. The molecule has 0 aliphatic carbocycles. The molecule has 0 N–H and O–H groups in total. The van der Waals surface area contributed by atoms with Crippen molar-refractivity contribution in [2.75, 3.05) is 27.9 Å². The third kappa shape index (κ3) is 4.36. The van der Waals surface area contributed by atoms with Crippen molar-refractivity contribution in [2.45, 2.75) is 24.3 Å². The van der Waals surface area contributed by atoms with Crippen molar-refractivity contribution < 1.29 is 28.2 Å². The average molecular weight is 368 g/mol. The number of thioether (sulfide) groups is 1. The SMILES string of the molecule is CCOC(=O)[C@H](C)Sc1nnc(-c2cc(OC)c(OC)c(OC)c2)o1. The normalized spacial score (nSPS) is 11.7. The zero-order chi connectivity index (χ0) is 18.4. The largest absolute Gasteiger partial charge is 0.493 e. The summed E-state index contributed by atoms with van der Waals surface area (Å²) >= 11 is 1.13. The van der Waals surface area contributed by atoms with Crippen LogP contribution < -0.4 is 14.2 Å². The average Bonchev–Trinajstić information content (AvgIpc) is 3.08. The topological polar surface area (TPSA) is 92.9 Å². The minimum absolute atomic E-state index is 0.268. The van der Waals surface area contributed by atoms with E-state index in [4.69, 9.17) is 23.4 Å². The molecule has 0 spiro atoms. The van der Waals surface area contributed by atoms with Gasteiger partial charge in [0.1, 0.15) is 5.25 Å². The van der Waals surface area contributed by atoms with Gasteiger partial charge in [-0.3, -0.25) is 4.79 Å². The van der Waals surface area contributed by atoms with Crippen molar-refractivity contribution in [3.05, 3.63) is 12.1 Å². The minimum Gasteiger partial charge on any atom is -0.493 e. The fourth-order valence-corrected chi connectivity index (χ4v) is 2.72. The lowest BCUT2D eigenvalue weighted by atomic mass is 10.2. The van der Waals surface area contributed by atoms with E-state index in [1.165, 1.54) is 21.3 Å². The van der Waals surface area contributed by atoms with Crippen LogP contribution in [0.1, 0.15) is 13.8 Å². The maximum atomic E-state index is 11.7. The van der Waals surface area contributed by atoms with Gasteiger partial charge in [-0.05, 0) is 26.0 Å². The summed E-state index contributed by atoms with van der Waals surface area (Å²) in [4.78, 5) is 11.7. The molecule has 0 saturated heterocycles. The summed E-state index contributed by atoms with van der Waals surface area (Å²) in [5, 5.41) is 7.78. The standard InChI is InChI=1S/C16H20N2O6S/c1-6-23-15(19)9(2)25-16-18-17-14(24-16)10-7-11(20-3)13(22-5)12(8-10)21-4/h7-9H,6H2,1-5H3/t9-/m0/s1. The van der Waals surface area contributed by atoms with Crippen LogP contribution in [0.2, 0.25) is 0 Å².